The van der Waals surface area contributed by atoms with Gasteiger partial charge >= 0.3 is 23.7 Å². The first kappa shape index (κ1) is 69.1. The normalized spacial score (nSPS) is 18.9. The number of carbonyl (C=O) groups is 5. The smallest absolute Gasteiger partial charge is 0.412 e. The Morgan fingerprint density at radius 1 is 0.871 bits per heavy atom. The Morgan fingerprint density at radius 2 is 1.49 bits per heavy atom. The van der Waals surface area contributed by atoms with Crippen molar-refractivity contribution in [3.63, 3.8) is 0 Å². The van der Waals surface area contributed by atoms with Crippen LogP contribution in [-0.2, 0) is 42.9 Å². The van der Waals surface area contributed by atoms with Crippen LogP contribution in [0, 0.1) is 24.0 Å². The molecule has 0 spiro atoms. The molecular formula is C64H89F3N6O12. The van der Waals surface area contributed by atoms with Crippen LogP contribution in [0.5, 0.6) is 5.75 Å². The first-order valence-corrected chi connectivity index (χ1v) is 30.3. The number of fused-ring (bicyclic) bond motifs is 5. The van der Waals surface area contributed by atoms with Crippen molar-refractivity contribution in [2.24, 2.45) is 0 Å². The fourth-order valence-electron chi connectivity index (χ4n) is 11.3. The number of halogens is 3. The highest BCUT2D eigenvalue weighted by molar-refractivity contribution is 6.03. The van der Waals surface area contributed by atoms with E-state index in [0.29, 0.717) is 44.3 Å². The number of ether oxygens (including phenoxy) is 6. The fourth-order valence-corrected chi connectivity index (χ4v) is 11.3. The molecule has 2 aromatic heterocycles. The van der Waals surface area contributed by atoms with Crippen molar-refractivity contribution in [2.45, 2.75) is 206 Å². The van der Waals surface area contributed by atoms with E-state index in [4.69, 9.17) is 34.8 Å². The number of hydrogen-bond donors (Lipinski definition) is 1. The van der Waals surface area contributed by atoms with E-state index in [1.54, 1.807) is 11.8 Å². The van der Waals surface area contributed by atoms with Crippen LogP contribution in [0.3, 0.4) is 0 Å². The lowest BCUT2D eigenvalue weighted by atomic mass is 9.95. The molecule has 0 aliphatic carbocycles. The van der Waals surface area contributed by atoms with Gasteiger partial charge in [-0.15, -0.1) is 6.42 Å². The Labute approximate surface area is 498 Å². The van der Waals surface area contributed by atoms with Crippen molar-refractivity contribution >= 4 is 58.3 Å². The van der Waals surface area contributed by atoms with Gasteiger partial charge in [-0.25, -0.2) is 22.8 Å². The number of pyridine rings is 1. The summed E-state index contributed by atoms with van der Waals surface area (Å²) in [6.07, 6.45) is 26.7. The van der Waals surface area contributed by atoms with Gasteiger partial charge in [0.1, 0.15) is 54.9 Å². The Balaban J connectivity index is 0.000000265. The minimum Gasteiger partial charge on any atom is -0.463 e. The molecule has 0 radical (unpaired) electrons. The summed E-state index contributed by atoms with van der Waals surface area (Å²) in [5.41, 5.74) is -1.03. The van der Waals surface area contributed by atoms with Crippen LogP contribution < -0.4 is 15.3 Å². The van der Waals surface area contributed by atoms with E-state index in [0.717, 1.165) is 70.3 Å². The number of aromatic nitrogens is 3. The second-order valence-electron chi connectivity index (χ2n) is 22.4. The van der Waals surface area contributed by atoms with Crippen molar-refractivity contribution in [3.05, 3.63) is 58.1 Å². The molecule has 6 heterocycles. The Kier molecular flexibility index (Phi) is 29.1. The van der Waals surface area contributed by atoms with Crippen LogP contribution in [-0.4, -0.2) is 145 Å². The van der Waals surface area contributed by atoms with E-state index >= 15 is 4.39 Å². The number of unbranched alkanes of at least 4 members (excludes halogenated alkanes) is 11. The van der Waals surface area contributed by atoms with Gasteiger partial charge in [-0.1, -0.05) is 97.0 Å². The number of nitrogens with one attached hydrogen (secondary N) is 1. The van der Waals surface area contributed by atoms with Crippen LogP contribution in [0.15, 0.2) is 35.3 Å². The molecule has 3 unspecified atom stereocenters. The van der Waals surface area contributed by atoms with Crippen molar-refractivity contribution in [1.29, 1.82) is 0 Å². The molecule has 2 aromatic carbocycles. The van der Waals surface area contributed by atoms with Gasteiger partial charge in [0.2, 0.25) is 6.29 Å². The number of carbonyl (C=O) groups excluding carboxylic acids is 5. The molecule has 85 heavy (non-hydrogen) atoms. The number of aromatic amines is 1. The topological polar surface area (TPSA) is 209 Å². The van der Waals surface area contributed by atoms with E-state index in [2.05, 4.69) is 46.5 Å². The summed E-state index contributed by atoms with van der Waals surface area (Å²) in [7, 11) is 2.98. The zero-order valence-corrected chi connectivity index (χ0v) is 50.9. The molecule has 4 aromatic rings. The average molecular weight is 1190 g/mol. The third kappa shape index (κ3) is 20.2. The minimum absolute atomic E-state index is 0.0593. The first-order chi connectivity index (χ1) is 41.0. The molecule has 2 bridgehead atoms. The van der Waals surface area contributed by atoms with Crippen molar-refractivity contribution in [3.8, 4) is 29.4 Å². The molecule has 4 aliphatic rings. The average Bonchev–Trinajstić information content (AvgIpc) is 2.50. The van der Waals surface area contributed by atoms with E-state index in [1.807, 2.05) is 11.8 Å². The number of benzene rings is 2. The van der Waals surface area contributed by atoms with E-state index < -0.39 is 42.0 Å². The molecule has 4 fully saturated rings. The van der Waals surface area contributed by atoms with Gasteiger partial charge in [0, 0.05) is 75.8 Å². The zero-order chi connectivity index (χ0) is 61.9. The number of H-pyrrole nitrogens is 1. The number of terminal acetylenes is 1. The molecule has 5 atom stereocenters. The summed E-state index contributed by atoms with van der Waals surface area (Å²) in [5, 5.41) is 0.809. The Bertz CT molecular complexity index is 2860. The monoisotopic (exact) mass is 1190 g/mol. The van der Waals surface area contributed by atoms with Crippen LogP contribution in [0.4, 0.5) is 23.8 Å². The third-order valence-corrected chi connectivity index (χ3v) is 16.0. The fraction of sp³-hybridized carbons (Fsp3) is 0.625. The number of nitrogens with zero attached hydrogens (tertiary/aromatic N) is 5. The van der Waals surface area contributed by atoms with Crippen molar-refractivity contribution < 1.29 is 65.6 Å². The molecule has 8 rings (SSSR count). The van der Waals surface area contributed by atoms with E-state index in [1.165, 1.54) is 103 Å². The summed E-state index contributed by atoms with van der Waals surface area (Å²) in [6.45, 7) is 13.1. The number of amides is 1. The van der Waals surface area contributed by atoms with Crippen LogP contribution in [0.1, 0.15) is 175 Å². The first-order valence-electron chi connectivity index (χ1n) is 30.3. The van der Waals surface area contributed by atoms with Crippen LogP contribution >= 0.6 is 0 Å². The highest BCUT2D eigenvalue weighted by Gasteiger charge is 2.46. The molecule has 468 valence electrons. The van der Waals surface area contributed by atoms with Gasteiger partial charge in [0.15, 0.2) is 5.82 Å². The standard InChI is InChI=1S/C30H25F2N5O6.C22H42O5.C8H14FN.C4H8O/c1-4-20-23(31)8-5-16-9-19(42-14-38)10-21(24(16)20)26-25(32)27-22(11-33-26)28(35-29(39)34-27)36-12-17-6-7-18(13-36)37(17)30(40)43-15(2)41-3;1-4-6-8-10-12-14-16-21(23)26-18-20(25-3)19-27-22(24)17-15-13-11-9-7-5-2;1-8-3-2-4-10(8)6-7(9)5-8;1-2-3-4-5/h1,5,8-11,14-15,17-18H,6-7,12-13H2,2-3H3,(H,34,35,39);20H,4-19H2,1-3H3;7H,2-6H2,1H3;4H,2-3H2,1H3/t;;7-,8+;/m..1./s1. The number of esters is 2. The summed E-state index contributed by atoms with van der Waals surface area (Å²) >= 11 is 0. The number of piperazine rings is 1. The van der Waals surface area contributed by atoms with Crippen LogP contribution in [0.25, 0.3) is 32.9 Å². The molecular weight excluding hydrogens is 1100 g/mol. The molecule has 4 aliphatic heterocycles. The maximum atomic E-state index is 16.3. The van der Waals surface area contributed by atoms with E-state index in [9.17, 15) is 37.5 Å². The number of alkyl halides is 1. The highest BCUT2D eigenvalue weighted by Crippen LogP contribution is 2.41. The lowest BCUT2D eigenvalue weighted by Gasteiger charge is -2.41. The molecule has 4 saturated heterocycles. The zero-order valence-electron chi connectivity index (χ0n) is 50.9. The van der Waals surface area contributed by atoms with Gasteiger partial charge in [-0.3, -0.25) is 29.2 Å². The summed E-state index contributed by atoms with van der Waals surface area (Å²) < 4.78 is 75.0. The van der Waals surface area contributed by atoms with Gasteiger partial charge in [-0.2, -0.15) is 4.98 Å². The second-order valence-corrected chi connectivity index (χ2v) is 22.4. The maximum Gasteiger partial charge on any atom is 0.412 e. The Hall–Kier alpha value is -6.63. The molecule has 1 amide bonds. The molecule has 0 saturated carbocycles. The van der Waals surface area contributed by atoms with Crippen molar-refractivity contribution in [2.75, 3.05) is 58.5 Å². The SMILES string of the molecule is C#Cc1c(F)ccc2cc(OC=O)cc(-c3ncc4c(N5CC6CCC(C5)N6C(=O)OC(C)OC)nc(=O)[nH]c4c3F)c12.CCCC=O.CCCCCCCCC(=O)OCC(COC(=O)CCCCCCCC)OC.C[C@@]12CCCN1C[C@H](F)C2. The number of hydrogen-bond acceptors (Lipinski definition) is 16. The predicted molar refractivity (Wildman–Crippen MR) is 320 cm³/mol. The Morgan fingerprint density at radius 3 is 2.04 bits per heavy atom. The lowest BCUT2D eigenvalue weighted by molar-refractivity contribution is -0.153. The minimum atomic E-state index is -0.909. The number of anilines is 1. The predicted octanol–water partition coefficient (Wildman–Crippen LogP) is 11.9. The largest absolute Gasteiger partial charge is 0.463 e. The lowest BCUT2D eigenvalue weighted by Crippen LogP contribution is -2.56. The maximum absolute atomic E-state index is 16.3. The van der Waals surface area contributed by atoms with Gasteiger partial charge in [0.25, 0.3) is 6.47 Å². The second kappa shape index (κ2) is 35.7. The number of rotatable bonds is 27. The van der Waals surface area contributed by atoms with Gasteiger partial charge in [0.05, 0.1) is 28.6 Å². The van der Waals surface area contributed by atoms with Gasteiger partial charge in [-0.05, 0) is 95.3 Å². The van der Waals surface area contributed by atoms with E-state index in [-0.39, 0.29) is 93.9 Å². The third-order valence-electron chi connectivity index (χ3n) is 16.0. The van der Waals surface area contributed by atoms with Crippen LogP contribution in [0.2, 0.25) is 0 Å². The molecule has 21 heteroatoms. The quantitative estimate of drug-likeness (QED) is 0.0147. The summed E-state index contributed by atoms with van der Waals surface area (Å²) in [4.78, 5) is 86.3. The molecule has 18 nitrogen and oxygen atoms in total. The summed E-state index contributed by atoms with van der Waals surface area (Å²) in [6, 6.07) is 4.95. The molecule has 1 N–H and O–H groups in total. The van der Waals surface area contributed by atoms with Gasteiger partial charge < -0.3 is 43.1 Å². The highest BCUT2D eigenvalue weighted by atomic mass is 19.1. The van der Waals surface area contributed by atoms with Crippen molar-refractivity contribution in [1.82, 2.24) is 24.8 Å². The summed E-state index contributed by atoms with van der Waals surface area (Å²) in [5.74, 6) is 0.563. The number of methoxy groups -OCH3 is 2. The number of aldehydes is 1.